The highest BCUT2D eigenvalue weighted by Gasteiger charge is 2.52. The van der Waals surface area contributed by atoms with E-state index in [0.717, 1.165) is 19.3 Å². The molecule has 2 rings (SSSR count). The topological polar surface area (TPSA) is 67.5 Å². The van der Waals surface area contributed by atoms with Gasteiger partial charge in [-0.2, -0.15) is 4.99 Å². The lowest BCUT2D eigenvalue weighted by Crippen LogP contribution is -2.59. The summed E-state index contributed by atoms with van der Waals surface area (Å²) < 4.78 is 0. The number of aliphatic imine (C=N–C) groups is 1. The smallest absolute Gasteiger partial charge is 0.343 e. The van der Waals surface area contributed by atoms with Gasteiger partial charge in [-0.05, 0) is 30.1 Å². The van der Waals surface area contributed by atoms with Crippen LogP contribution in [0.5, 0.6) is 0 Å². The highest BCUT2D eigenvalue weighted by molar-refractivity contribution is 6.06. The highest BCUT2D eigenvalue weighted by Crippen LogP contribution is 2.50. The van der Waals surface area contributed by atoms with Gasteiger partial charge in [0.25, 0.3) is 0 Å². The third-order valence-corrected chi connectivity index (χ3v) is 3.58. The van der Waals surface area contributed by atoms with Gasteiger partial charge >= 0.3 is 6.03 Å². The summed E-state index contributed by atoms with van der Waals surface area (Å²) in [6, 6.07) is -0.286. The number of urea groups is 1. The molecule has 3 N–H and O–H groups in total. The number of nitrogens with one attached hydrogen (secondary N) is 1. The average molecular weight is 223 g/mol. The van der Waals surface area contributed by atoms with E-state index in [0.29, 0.717) is 5.84 Å². The summed E-state index contributed by atoms with van der Waals surface area (Å²) >= 11 is 0. The van der Waals surface area contributed by atoms with Gasteiger partial charge in [0.2, 0.25) is 0 Å². The van der Waals surface area contributed by atoms with Crippen molar-refractivity contribution in [3.63, 3.8) is 0 Å². The maximum Gasteiger partial charge on any atom is 0.343 e. The summed E-state index contributed by atoms with van der Waals surface area (Å²) in [6.45, 7) is 8.92. The number of carbonyl (C=O) groups is 1. The lowest BCUT2D eigenvalue weighted by molar-refractivity contribution is 0.0682. The molecule has 0 aromatic rings. The lowest BCUT2D eigenvalue weighted by atomic mass is 9.58. The number of carbonyl (C=O) groups excluding carboxylic acids is 1. The molecule has 2 amide bonds. The third-order valence-electron chi connectivity index (χ3n) is 3.58. The molecule has 1 aliphatic carbocycles. The molecule has 0 radical (unpaired) electrons. The predicted molar refractivity (Wildman–Crippen MR) is 64.3 cm³/mol. The molecule has 0 atom stereocenters. The molecule has 1 spiro atoms. The maximum atomic E-state index is 11.4. The van der Waals surface area contributed by atoms with Gasteiger partial charge in [-0.1, -0.05) is 27.7 Å². The van der Waals surface area contributed by atoms with E-state index in [1.807, 2.05) is 0 Å². The molecule has 2 aliphatic rings. The molecule has 0 bridgehead atoms. The summed E-state index contributed by atoms with van der Waals surface area (Å²) in [6.07, 6.45) is 2.90. The van der Waals surface area contributed by atoms with Crippen LogP contribution in [0.4, 0.5) is 4.79 Å². The fourth-order valence-electron chi connectivity index (χ4n) is 3.90. The maximum absolute atomic E-state index is 11.4. The minimum Gasteiger partial charge on any atom is -0.385 e. The SMILES string of the molecule is CC1(C)CC(C)(C)CC2(C1)NC(=O)N=C2N. The van der Waals surface area contributed by atoms with Crippen LogP contribution in [0.1, 0.15) is 47.0 Å². The standard InChI is InChI=1S/C12H21N3O/c1-10(2)5-11(3,4)7-12(6-10)8(13)14-9(16)15-12/h5-7H2,1-4H3,(H3,13,14,15,16). The third kappa shape index (κ3) is 1.81. The molecule has 0 aromatic heterocycles. The summed E-state index contributed by atoms with van der Waals surface area (Å²) in [4.78, 5) is 15.2. The number of hydrogen-bond donors (Lipinski definition) is 2. The fraction of sp³-hybridized carbons (Fsp3) is 0.833. The number of rotatable bonds is 0. The second kappa shape index (κ2) is 2.99. The van der Waals surface area contributed by atoms with E-state index >= 15 is 0 Å². The van der Waals surface area contributed by atoms with Gasteiger partial charge in [0.05, 0.1) is 0 Å². The minimum absolute atomic E-state index is 0.180. The van der Waals surface area contributed by atoms with Crippen molar-refractivity contribution in [1.82, 2.24) is 5.32 Å². The molecule has 0 unspecified atom stereocenters. The van der Waals surface area contributed by atoms with E-state index in [4.69, 9.17) is 5.73 Å². The van der Waals surface area contributed by atoms with Crippen LogP contribution in [0.2, 0.25) is 0 Å². The zero-order valence-electron chi connectivity index (χ0n) is 10.6. The summed E-state index contributed by atoms with van der Waals surface area (Å²) in [5.41, 5.74) is 5.90. The molecule has 90 valence electrons. The van der Waals surface area contributed by atoms with Crippen molar-refractivity contribution in [3.8, 4) is 0 Å². The van der Waals surface area contributed by atoms with Gasteiger partial charge in [-0.15, -0.1) is 0 Å². The van der Waals surface area contributed by atoms with Crippen molar-refractivity contribution >= 4 is 11.9 Å². The minimum atomic E-state index is -0.400. The molecule has 1 fully saturated rings. The lowest BCUT2D eigenvalue weighted by Gasteiger charge is -2.50. The van der Waals surface area contributed by atoms with Crippen LogP contribution in [-0.2, 0) is 0 Å². The van der Waals surface area contributed by atoms with Crippen LogP contribution < -0.4 is 11.1 Å². The van der Waals surface area contributed by atoms with Crippen LogP contribution in [0.25, 0.3) is 0 Å². The number of nitrogens with zero attached hydrogens (tertiary/aromatic N) is 1. The predicted octanol–water partition coefficient (Wildman–Crippen LogP) is 2.04. The van der Waals surface area contributed by atoms with Crippen molar-refractivity contribution in [1.29, 1.82) is 0 Å². The Hall–Kier alpha value is -1.06. The summed E-state index contributed by atoms with van der Waals surface area (Å²) in [5, 5.41) is 2.96. The number of amides is 2. The fourth-order valence-corrected chi connectivity index (χ4v) is 3.90. The number of amidine groups is 1. The first-order valence-corrected chi connectivity index (χ1v) is 5.81. The molecule has 0 saturated heterocycles. The van der Waals surface area contributed by atoms with Crippen LogP contribution in [0.3, 0.4) is 0 Å². The van der Waals surface area contributed by atoms with Crippen molar-refractivity contribution < 1.29 is 4.79 Å². The van der Waals surface area contributed by atoms with E-state index in [9.17, 15) is 4.79 Å². The molecule has 16 heavy (non-hydrogen) atoms. The van der Waals surface area contributed by atoms with Crippen molar-refractivity contribution in [2.45, 2.75) is 52.5 Å². The Bertz CT molecular complexity index is 352. The van der Waals surface area contributed by atoms with E-state index in [2.05, 4.69) is 38.0 Å². The Morgan fingerprint density at radius 2 is 1.62 bits per heavy atom. The zero-order chi connectivity index (χ0) is 12.2. The first-order chi connectivity index (χ1) is 7.14. The van der Waals surface area contributed by atoms with Gasteiger partial charge in [0.1, 0.15) is 11.4 Å². The van der Waals surface area contributed by atoms with Crippen LogP contribution in [0, 0.1) is 10.8 Å². The Labute approximate surface area is 96.7 Å². The number of hydrogen-bond acceptors (Lipinski definition) is 2. The summed E-state index contributed by atoms with van der Waals surface area (Å²) in [7, 11) is 0. The van der Waals surface area contributed by atoms with E-state index in [1.165, 1.54) is 0 Å². The van der Waals surface area contributed by atoms with E-state index in [1.54, 1.807) is 0 Å². The zero-order valence-corrected chi connectivity index (χ0v) is 10.6. The normalized spacial score (nSPS) is 30.0. The molecule has 4 heteroatoms. The Morgan fingerprint density at radius 1 is 1.12 bits per heavy atom. The highest BCUT2D eigenvalue weighted by atomic mass is 16.2. The number of nitrogens with two attached hydrogens (primary N) is 1. The quantitative estimate of drug-likeness (QED) is 0.660. The van der Waals surface area contributed by atoms with Gasteiger partial charge in [-0.3, -0.25) is 0 Å². The average Bonchev–Trinajstić information content (AvgIpc) is 2.17. The first kappa shape index (κ1) is 11.4. The molecular weight excluding hydrogens is 202 g/mol. The van der Waals surface area contributed by atoms with Crippen molar-refractivity contribution in [2.24, 2.45) is 21.6 Å². The monoisotopic (exact) mass is 223 g/mol. The van der Waals surface area contributed by atoms with Crippen LogP contribution >= 0.6 is 0 Å². The molecule has 1 aliphatic heterocycles. The Balaban J connectivity index is 2.36. The molecule has 1 saturated carbocycles. The van der Waals surface area contributed by atoms with E-state index in [-0.39, 0.29) is 16.9 Å². The molecule has 1 heterocycles. The summed E-state index contributed by atoms with van der Waals surface area (Å²) in [5.74, 6) is 0.471. The van der Waals surface area contributed by atoms with Crippen LogP contribution in [0.15, 0.2) is 4.99 Å². The van der Waals surface area contributed by atoms with Gasteiger partial charge in [0.15, 0.2) is 0 Å². The Kier molecular flexibility index (Phi) is 2.14. The van der Waals surface area contributed by atoms with Gasteiger partial charge in [0, 0.05) is 0 Å². The largest absolute Gasteiger partial charge is 0.385 e. The Morgan fingerprint density at radius 3 is 2.00 bits per heavy atom. The second-order valence-corrected chi connectivity index (χ2v) is 6.87. The molecular formula is C12H21N3O. The van der Waals surface area contributed by atoms with Gasteiger partial charge in [-0.25, -0.2) is 4.79 Å². The molecule has 0 aromatic carbocycles. The first-order valence-electron chi connectivity index (χ1n) is 5.81. The van der Waals surface area contributed by atoms with E-state index < -0.39 is 5.54 Å². The second-order valence-electron chi connectivity index (χ2n) is 6.87. The van der Waals surface area contributed by atoms with Gasteiger partial charge < -0.3 is 11.1 Å². The van der Waals surface area contributed by atoms with Crippen LogP contribution in [-0.4, -0.2) is 17.4 Å². The molecule has 4 nitrogen and oxygen atoms in total. The van der Waals surface area contributed by atoms with Crippen molar-refractivity contribution in [3.05, 3.63) is 0 Å². The van der Waals surface area contributed by atoms with Crippen molar-refractivity contribution in [2.75, 3.05) is 0 Å².